The molecule has 1 aromatic heterocycles. The van der Waals surface area contributed by atoms with Crippen LogP contribution in [0.15, 0.2) is 28.4 Å². The average molecular weight is 152 g/mol. The van der Waals surface area contributed by atoms with Crippen LogP contribution in [0.2, 0.25) is 0 Å². The van der Waals surface area contributed by atoms with Gasteiger partial charge in [-0.3, -0.25) is 13.9 Å². The van der Waals surface area contributed by atoms with E-state index in [1.165, 1.54) is 30.1 Å². The lowest BCUT2D eigenvalue weighted by Crippen LogP contribution is -2.34. The summed E-state index contributed by atoms with van der Waals surface area (Å²) in [6.45, 7) is 3.41. The van der Waals surface area contributed by atoms with E-state index in [1.807, 2.05) is 0 Å². The van der Waals surface area contributed by atoms with Gasteiger partial charge in [-0.1, -0.05) is 6.58 Å². The number of aromatic nitrogens is 2. The van der Waals surface area contributed by atoms with Crippen LogP contribution >= 0.6 is 0 Å². The lowest BCUT2D eigenvalue weighted by atomic mass is 10.6. The van der Waals surface area contributed by atoms with Crippen molar-refractivity contribution in [2.75, 3.05) is 0 Å². The van der Waals surface area contributed by atoms with Crippen LogP contribution in [0.25, 0.3) is 6.20 Å². The van der Waals surface area contributed by atoms with Crippen molar-refractivity contribution in [1.29, 1.82) is 0 Å². The van der Waals surface area contributed by atoms with Gasteiger partial charge in [-0.05, 0) is 0 Å². The molecule has 0 aliphatic heterocycles. The lowest BCUT2D eigenvalue weighted by molar-refractivity contribution is 0.743. The first kappa shape index (κ1) is 7.53. The molecule has 0 radical (unpaired) electrons. The Hall–Kier alpha value is -1.58. The summed E-state index contributed by atoms with van der Waals surface area (Å²) >= 11 is 0. The summed E-state index contributed by atoms with van der Waals surface area (Å²) in [5.74, 6) is 0. The number of hydrogen-bond acceptors (Lipinski definition) is 2. The molecule has 11 heavy (non-hydrogen) atoms. The van der Waals surface area contributed by atoms with E-state index in [0.29, 0.717) is 0 Å². The third kappa shape index (κ3) is 1.14. The van der Waals surface area contributed by atoms with E-state index in [4.69, 9.17) is 0 Å². The molecule has 0 fully saturated rings. The molecule has 58 valence electrons. The maximum atomic E-state index is 11.1. The SMILES string of the molecule is C=Cn1ccc(=O)n(C)c1=O. The van der Waals surface area contributed by atoms with Crippen LogP contribution in [0, 0.1) is 0 Å². The molecule has 0 saturated heterocycles. The molecular weight excluding hydrogens is 144 g/mol. The Bertz CT molecular complexity index is 386. The highest BCUT2D eigenvalue weighted by Crippen LogP contribution is 1.74. The van der Waals surface area contributed by atoms with E-state index in [-0.39, 0.29) is 11.2 Å². The largest absolute Gasteiger partial charge is 0.334 e. The second kappa shape index (κ2) is 2.57. The van der Waals surface area contributed by atoms with E-state index in [9.17, 15) is 9.59 Å². The van der Waals surface area contributed by atoms with Crippen LogP contribution in [-0.2, 0) is 7.05 Å². The minimum atomic E-state index is -0.382. The molecule has 1 heterocycles. The molecular formula is C7H8N2O2. The second-order valence-corrected chi connectivity index (χ2v) is 2.09. The molecule has 0 bridgehead atoms. The minimum Gasteiger partial charge on any atom is -0.277 e. The van der Waals surface area contributed by atoms with E-state index >= 15 is 0 Å². The topological polar surface area (TPSA) is 44.0 Å². The standard InChI is InChI=1S/C7H8N2O2/c1-3-9-5-4-6(10)8(2)7(9)11/h3-5H,1H2,2H3. The fourth-order valence-corrected chi connectivity index (χ4v) is 0.726. The highest BCUT2D eigenvalue weighted by atomic mass is 16.2. The molecule has 0 aliphatic rings. The molecule has 0 spiro atoms. The zero-order valence-electron chi connectivity index (χ0n) is 6.15. The number of rotatable bonds is 1. The van der Waals surface area contributed by atoms with Crippen molar-refractivity contribution < 1.29 is 0 Å². The fraction of sp³-hybridized carbons (Fsp3) is 0.143. The number of nitrogens with zero attached hydrogens (tertiary/aromatic N) is 2. The molecule has 0 saturated carbocycles. The van der Waals surface area contributed by atoms with Gasteiger partial charge in [-0.25, -0.2) is 4.79 Å². The van der Waals surface area contributed by atoms with Gasteiger partial charge >= 0.3 is 5.69 Å². The van der Waals surface area contributed by atoms with Crippen molar-refractivity contribution in [3.63, 3.8) is 0 Å². The van der Waals surface area contributed by atoms with Crippen molar-refractivity contribution in [2.24, 2.45) is 7.05 Å². The van der Waals surface area contributed by atoms with Crippen LogP contribution in [0.3, 0.4) is 0 Å². The quantitative estimate of drug-likeness (QED) is 0.552. The van der Waals surface area contributed by atoms with Crippen LogP contribution in [0.5, 0.6) is 0 Å². The van der Waals surface area contributed by atoms with Crippen LogP contribution in [-0.4, -0.2) is 9.13 Å². The number of hydrogen-bond donors (Lipinski definition) is 0. The lowest BCUT2D eigenvalue weighted by Gasteiger charge is -1.98. The van der Waals surface area contributed by atoms with E-state index < -0.39 is 0 Å². The van der Waals surface area contributed by atoms with Crippen LogP contribution < -0.4 is 11.2 Å². The Balaban J connectivity index is 3.62. The van der Waals surface area contributed by atoms with E-state index in [0.717, 1.165) is 4.57 Å². The molecule has 0 unspecified atom stereocenters. The third-order valence-electron chi connectivity index (χ3n) is 1.41. The van der Waals surface area contributed by atoms with Gasteiger partial charge in [0.1, 0.15) is 0 Å². The zero-order chi connectivity index (χ0) is 8.43. The summed E-state index contributed by atoms with van der Waals surface area (Å²) in [5, 5.41) is 0. The predicted octanol–water partition coefficient (Wildman–Crippen LogP) is -0.352. The Morgan fingerprint density at radius 3 is 2.73 bits per heavy atom. The van der Waals surface area contributed by atoms with Crippen molar-refractivity contribution in [1.82, 2.24) is 9.13 Å². The summed E-state index contributed by atoms with van der Waals surface area (Å²) in [4.78, 5) is 21.9. The molecule has 1 rings (SSSR count). The Morgan fingerprint density at radius 2 is 2.18 bits per heavy atom. The van der Waals surface area contributed by atoms with Crippen LogP contribution in [0.1, 0.15) is 0 Å². The average Bonchev–Trinajstić information content (AvgIpc) is 2.01. The normalized spacial score (nSPS) is 9.55. The van der Waals surface area contributed by atoms with Gasteiger partial charge in [0.15, 0.2) is 0 Å². The van der Waals surface area contributed by atoms with Crippen molar-refractivity contribution in [3.8, 4) is 0 Å². The van der Waals surface area contributed by atoms with Gasteiger partial charge in [0.05, 0.1) is 0 Å². The first-order chi connectivity index (χ1) is 5.16. The van der Waals surface area contributed by atoms with Gasteiger partial charge in [-0.2, -0.15) is 0 Å². The van der Waals surface area contributed by atoms with Crippen LogP contribution in [0.4, 0.5) is 0 Å². The summed E-state index contributed by atoms with van der Waals surface area (Å²) in [5.41, 5.74) is -0.694. The molecule has 0 N–H and O–H groups in total. The highest BCUT2D eigenvalue weighted by Gasteiger charge is 1.95. The Kier molecular flexibility index (Phi) is 1.76. The first-order valence-electron chi connectivity index (χ1n) is 3.07. The summed E-state index contributed by atoms with van der Waals surface area (Å²) < 4.78 is 2.25. The molecule has 0 aliphatic carbocycles. The Labute approximate surface area is 63.0 Å². The first-order valence-corrected chi connectivity index (χ1v) is 3.07. The predicted molar refractivity (Wildman–Crippen MR) is 42.3 cm³/mol. The van der Waals surface area contributed by atoms with E-state index in [1.54, 1.807) is 0 Å². The second-order valence-electron chi connectivity index (χ2n) is 2.09. The van der Waals surface area contributed by atoms with Gasteiger partial charge in [-0.15, -0.1) is 0 Å². The van der Waals surface area contributed by atoms with Gasteiger partial charge < -0.3 is 0 Å². The van der Waals surface area contributed by atoms with Crippen molar-refractivity contribution >= 4 is 6.20 Å². The minimum absolute atomic E-state index is 0.312. The molecule has 0 atom stereocenters. The molecule has 4 nitrogen and oxygen atoms in total. The van der Waals surface area contributed by atoms with Gasteiger partial charge in [0.2, 0.25) is 0 Å². The maximum Gasteiger partial charge on any atom is 0.334 e. The van der Waals surface area contributed by atoms with Gasteiger partial charge in [0, 0.05) is 25.5 Å². The summed E-state index contributed by atoms with van der Waals surface area (Å²) in [7, 11) is 1.42. The van der Waals surface area contributed by atoms with Crippen molar-refractivity contribution in [3.05, 3.63) is 39.7 Å². The zero-order valence-corrected chi connectivity index (χ0v) is 6.15. The maximum absolute atomic E-state index is 11.1. The Morgan fingerprint density at radius 1 is 1.55 bits per heavy atom. The molecule has 1 aromatic rings. The monoisotopic (exact) mass is 152 g/mol. The van der Waals surface area contributed by atoms with E-state index in [2.05, 4.69) is 6.58 Å². The molecule has 0 amide bonds. The third-order valence-corrected chi connectivity index (χ3v) is 1.41. The smallest absolute Gasteiger partial charge is 0.277 e. The highest BCUT2D eigenvalue weighted by molar-refractivity contribution is 5.14. The van der Waals surface area contributed by atoms with Crippen molar-refractivity contribution in [2.45, 2.75) is 0 Å². The summed E-state index contributed by atoms with van der Waals surface area (Å²) in [6, 6.07) is 1.31. The molecule has 0 aromatic carbocycles. The summed E-state index contributed by atoms with van der Waals surface area (Å²) in [6.07, 6.45) is 2.74. The fourth-order valence-electron chi connectivity index (χ4n) is 0.726. The van der Waals surface area contributed by atoms with Gasteiger partial charge in [0.25, 0.3) is 5.56 Å². The molecule has 4 heteroatoms.